The van der Waals surface area contributed by atoms with Gasteiger partial charge in [0.05, 0.1) is 17.1 Å². The Bertz CT molecular complexity index is 1390. The van der Waals surface area contributed by atoms with Gasteiger partial charge in [0.15, 0.2) is 0 Å². The first kappa shape index (κ1) is 30.1. The van der Waals surface area contributed by atoms with Gasteiger partial charge in [0.2, 0.25) is 0 Å². The molecule has 0 unspecified atom stereocenters. The van der Waals surface area contributed by atoms with Crippen LogP contribution in [0, 0.1) is 17.5 Å². The van der Waals surface area contributed by atoms with E-state index in [1.165, 1.54) is 36.4 Å². The molecule has 0 saturated carbocycles. The van der Waals surface area contributed by atoms with Crippen LogP contribution in [-0.4, -0.2) is 15.0 Å². The van der Waals surface area contributed by atoms with Gasteiger partial charge in [-0.2, -0.15) is 0 Å². The first-order chi connectivity index (χ1) is 19.1. The second kappa shape index (κ2) is 15.8. The number of hydrogen-bond donors (Lipinski definition) is 0. The molecule has 0 aliphatic carbocycles. The predicted molar refractivity (Wildman–Crippen MR) is 149 cm³/mol. The van der Waals surface area contributed by atoms with E-state index in [-0.39, 0.29) is 37.6 Å². The summed E-state index contributed by atoms with van der Waals surface area (Å²) in [5.41, 5.74) is 4.80. The van der Waals surface area contributed by atoms with Crippen molar-refractivity contribution in [2.45, 2.75) is 0 Å². The van der Waals surface area contributed by atoms with Crippen molar-refractivity contribution >= 4 is 0 Å². The van der Waals surface area contributed by atoms with Crippen LogP contribution in [0.4, 0.5) is 13.2 Å². The van der Waals surface area contributed by atoms with Gasteiger partial charge < -0.3 is 0 Å². The van der Waals surface area contributed by atoms with Gasteiger partial charge in [0.1, 0.15) is 17.5 Å². The third-order valence-corrected chi connectivity index (χ3v) is 5.36. The largest absolute Gasteiger partial charge is 0.256 e. The molecule has 201 valence electrons. The zero-order chi connectivity index (χ0) is 27.3. The van der Waals surface area contributed by atoms with E-state index >= 15 is 0 Å². The van der Waals surface area contributed by atoms with E-state index in [9.17, 15) is 13.2 Å². The Hall–Kier alpha value is -4.45. The average Bonchev–Trinajstić information content (AvgIpc) is 2.99. The molecule has 0 spiro atoms. The molecule has 0 amide bonds. The van der Waals surface area contributed by atoms with Crippen molar-refractivity contribution in [1.29, 1.82) is 0 Å². The smallest absolute Gasteiger partial charge is 0.123 e. The van der Waals surface area contributed by atoms with Gasteiger partial charge in [-0.3, -0.25) is 15.0 Å². The zero-order valence-corrected chi connectivity index (χ0v) is 23.6. The van der Waals surface area contributed by atoms with Gasteiger partial charge >= 0.3 is 0 Å². The summed E-state index contributed by atoms with van der Waals surface area (Å²) in [5, 5.41) is 0. The van der Waals surface area contributed by atoms with E-state index < -0.39 is 0 Å². The van der Waals surface area contributed by atoms with Crippen molar-refractivity contribution in [2.75, 3.05) is 0 Å². The van der Waals surface area contributed by atoms with Crippen LogP contribution in [0.3, 0.4) is 0 Å². The zero-order valence-electron chi connectivity index (χ0n) is 21.2. The number of nitrogens with zero attached hydrogens (tertiary/aromatic N) is 3. The van der Waals surface area contributed by atoms with Crippen LogP contribution in [0.15, 0.2) is 146 Å². The number of rotatable bonds is 3. The molecule has 40 heavy (non-hydrogen) atoms. The summed E-state index contributed by atoms with van der Waals surface area (Å²) in [6, 6.07) is 36.0. The molecule has 0 atom stereocenters. The van der Waals surface area contributed by atoms with Crippen molar-refractivity contribution in [2.24, 2.45) is 0 Å². The van der Waals surface area contributed by atoms with Crippen molar-refractivity contribution in [3.05, 3.63) is 163 Å². The van der Waals surface area contributed by atoms with Gasteiger partial charge in [-0.05, 0) is 72.8 Å². The molecular formula is C33H24F3IrN3. The van der Waals surface area contributed by atoms with Crippen LogP contribution in [0.5, 0.6) is 0 Å². The summed E-state index contributed by atoms with van der Waals surface area (Å²) in [6.07, 6.45) is 5.08. The van der Waals surface area contributed by atoms with E-state index in [1.807, 2.05) is 72.8 Å². The predicted octanol–water partition coefficient (Wildman–Crippen LogP) is 8.66. The van der Waals surface area contributed by atoms with Crippen molar-refractivity contribution < 1.29 is 33.3 Å². The van der Waals surface area contributed by atoms with E-state index in [4.69, 9.17) is 0 Å². The SMILES string of the molecule is Fc1cccc(-c2ccccn2)c1.Fc1cccc(-c2ccccn2)c1.Fc1cccc(-c2ccccn2)c1.[Ir]. The van der Waals surface area contributed by atoms with Crippen LogP contribution in [0.25, 0.3) is 33.8 Å². The molecule has 0 saturated heterocycles. The van der Waals surface area contributed by atoms with Gasteiger partial charge in [0.25, 0.3) is 0 Å². The second-order valence-electron chi connectivity index (χ2n) is 8.18. The Morgan fingerprint density at radius 1 is 0.350 bits per heavy atom. The summed E-state index contributed by atoms with van der Waals surface area (Å²) >= 11 is 0. The Labute approximate surface area is 244 Å². The molecule has 3 aromatic carbocycles. The molecule has 6 aromatic rings. The Kier molecular flexibility index (Phi) is 11.9. The van der Waals surface area contributed by atoms with Crippen molar-refractivity contribution in [3.8, 4) is 33.8 Å². The molecule has 0 aliphatic heterocycles. The van der Waals surface area contributed by atoms with E-state index in [0.717, 1.165) is 33.8 Å². The molecule has 7 heteroatoms. The van der Waals surface area contributed by atoms with Gasteiger partial charge in [-0.25, -0.2) is 13.2 Å². The normalized spacial score (nSPS) is 9.68. The molecule has 0 N–H and O–H groups in total. The maximum atomic E-state index is 12.8. The van der Waals surface area contributed by atoms with Crippen LogP contribution in [-0.2, 0) is 20.1 Å². The summed E-state index contributed by atoms with van der Waals surface area (Å²) < 4.78 is 38.5. The fourth-order valence-corrected chi connectivity index (χ4v) is 3.54. The molecule has 3 aromatic heterocycles. The quantitative estimate of drug-likeness (QED) is 0.185. The summed E-state index contributed by atoms with van der Waals surface area (Å²) in [7, 11) is 0. The summed E-state index contributed by atoms with van der Waals surface area (Å²) in [5.74, 6) is -0.700. The molecular weight excluding hydrogens is 688 g/mol. The van der Waals surface area contributed by atoms with Crippen molar-refractivity contribution in [3.63, 3.8) is 0 Å². The fourth-order valence-electron chi connectivity index (χ4n) is 3.54. The average molecular weight is 712 g/mol. The minimum atomic E-state index is -0.233. The summed E-state index contributed by atoms with van der Waals surface area (Å²) in [4.78, 5) is 12.4. The topological polar surface area (TPSA) is 38.7 Å². The first-order valence-corrected chi connectivity index (χ1v) is 12.1. The number of hydrogen-bond acceptors (Lipinski definition) is 3. The molecule has 0 aliphatic rings. The number of pyridine rings is 3. The van der Waals surface area contributed by atoms with E-state index in [2.05, 4.69) is 15.0 Å². The minimum Gasteiger partial charge on any atom is -0.256 e. The maximum absolute atomic E-state index is 12.8. The monoisotopic (exact) mass is 712 g/mol. The molecule has 6 rings (SSSR count). The second-order valence-corrected chi connectivity index (χ2v) is 8.18. The first-order valence-electron chi connectivity index (χ1n) is 12.1. The molecule has 1 radical (unpaired) electrons. The van der Waals surface area contributed by atoms with Crippen LogP contribution < -0.4 is 0 Å². The Balaban J connectivity index is 0.000000163. The third-order valence-electron chi connectivity index (χ3n) is 5.36. The molecule has 3 nitrogen and oxygen atoms in total. The van der Waals surface area contributed by atoms with E-state index in [0.29, 0.717) is 0 Å². The third kappa shape index (κ3) is 9.38. The molecule has 0 fully saturated rings. The minimum absolute atomic E-state index is 0. The number of benzene rings is 3. The van der Waals surface area contributed by atoms with Crippen molar-refractivity contribution in [1.82, 2.24) is 15.0 Å². The van der Waals surface area contributed by atoms with E-state index in [1.54, 1.807) is 36.8 Å². The van der Waals surface area contributed by atoms with Gasteiger partial charge in [-0.15, -0.1) is 0 Å². The van der Waals surface area contributed by atoms with Crippen LogP contribution >= 0.6 is 0 Å². The van der Waals surface area contributed by atoms with Gasteiger partial charge in [0, 0.05) is 55.4 Å². The number of halogens is 3. The standard InChI is InChI=1S/3C11H8FN.Ir/c3*12-10-5-3-4-9(8-10)11-6-1-2-7-13-11;/h3*1-8H;. The molecule has 3 heterocycles. The fraction of sp³-hybridized carbons (Fsp3) is 0. The summed E-state index contributed by atoms with van der Waals surface area (Å²) in [6.45, 7) is 0. The van der Waals surface area contributed by atoms with Crippen LogP contribution in [0.1, 0.15) is 0 Å². The maximum Gasteiger partial charge on any atom is 0.123 e. The Morgan fingerprint density at radius 2 is 0.650 bits per heavy atom. The molecule has 0 bridgehead atoms. The van der Waals surface area contributed by atoms with Gasteiger partial charge in [-0.1, -0.05) is 54.6 Å². The Morgan fingerprint density at radius 3 is 0.875 bits per heavy atom. The van der Waals surface area contributed by atoms with Crippen LogP contribution in [0.2, 0.25) is 0 Å². The number of aromatic nitrogens is 3.